The van der Waals surface area contributed by atoms with E-state index in [0.29, 0.717) is 23.9 Å². The number of nitrogens with one attached hydrogen (secondary N) is 1. The molecule has 0 radical (unpaired) electrons. The van der Waals surface area contributed by atoms with Crippen molar-refractivity contribution in [3.8, 4) is 11.5 Å². The molecule has 2 heterocycles. The number of benzene rings is 1. The minimum absolute atomic E-state index is 0.0869. The van der Waals surface area contributed by atoms with Gasteiger partial charge < -0.3 is 9.88 Å². The number of pyridine rings is 1. The largest absolute Gasteiger partial charge is 0.325 e. The Hall–Kier alpha value is -2.93. The summed E-state index contributed by atoms with van der Waals surface area (Å²) >= 11 is 1.39. The van der Waals surface area contributed by atoms with Crippen LogP contribution in [0.4, 0.5) is 5.69 Å². The van der Waals surface area contributed by atoms with E-state index >= 15 is 0 Å². The zero-order valence-corrected chi connectivity index (χ0v) is 15.9. The van der Waals surface area contributed by atoms with Gasteiger partial charge >= 0.3 is 0 Å². The van der Waals surface area contributed by atoms with Crippen molar-refractivity contribution < 1.29 is 4.79 Å². The van der Waals surface area contributed by atoms with E-state index in [2.05, 4.69) is 27.1 Å². The predicted molar refractivity (Wildman–Crippen MR) is 108 cm³/mol. The Bertz CT molecular complexity index is 895. The molecule has 1 amide bonds. The number of carbonyl (C=O) groups is 1. The normalized spacial score (nSPS) is 11.7. The predicted octanol–water partition coefficient (Wildman–Crippen LogP) is 4.04. The van der Waals surface area contributed by atoms with Crippen LogP contribution < -0.4 is 5.32 Å². The van der Waals surface area contributed by atoms with Crippen molar-refractivity contribution >= 4 is 23.4 Å². The minimum Gasteiger partial charge on any atom is -0.325 e. The first kappa shape index (κ1) is 18.8. The van der Waals surface area contributed by atoms with Crippen LogP contribution in [0.3, 0.4) is 0 Å². The maximum atomic E-state index is 12.7. The molecule has 27 heavy (non-hydrogen) atoms. The molecule has 1 N–H and O–H groups in total. The van der Waals surface area contributed by atoms with Crippen LogP contribution in [0.5, 0.6) is 0 Å². The number of rotatable bonds is 8. The highest BCUT2D eigenvalue weighted by Gasteiger charge is 2.23. The van der Waals surface area contributed by atoms with Crippen LogP contribution in [0.1, 0.15) is 13.3 Å². The minimum atomic E-state index is -0.353. The monoisotopic (exact) mass is 379 g/mol. The summed E-state index contributed by atoms with van der Waals surface area (Å²) in [6, 6.07) is 15.1. The van der Waals surface area contributed by atoms with E-state index < -0.39 is 0 Å². The van der Waals surface area contributed by atoms with Gasteiger partial charge in [0.05, 0.1) is 5.25 Å². The Morgan fingerprint density at radius 3 is 2.67 bits per heavy atom. The van der Waals surface area contributed by atoms with Crippen LogP contribution in [-0.2, 0) is 11.3 Å². The fourth-order valence-corrected chi connectivity index (χ4v) is 3.66. The number of nitrogens with zero attached hydrogens (tertiary/aromatic N) is 4. The third-order valence-electron chi connectivity index (χ3n) is 3.89. The van der Waals surface area contributed by atoms with Gasteiger partial charge in [-0.05, 0) is 37.6 Å². The molecule has 0 saturated carbocycles. The van der Waals surface area contributed by atoms with E-state index in [1.165, 1.54) is 11.8 Å². The number of para-hydroxylation sites is 1. The average molecular weight is 379 g/mol. The number of thioether (sulfide) groups is 1. The van der Waals surface area contributed by atoms with Crippen LogP contribution in [0.15, 0.2) is 72.5 Å². The van der Waals surface area contributed by atoms with E-state index in [0.717, 1.165) is 11.4 Å². The molecule has 0 aliphatic rings. The van der Waals surface area contributed by atoms with Crippen molar-refractivity contribution in [2.75, 3.05) is 5.32 Å². The molecule has 1 atom stereocenters. The van der Waals surface area contributed by atoms with E-state index in [9.17, 15) is 4.79 Å². The lowest BCUT2D eigenvalue weighted by Crippen LogP contribution is -2.25. The number of aromatic nitrogens is 4. The summed E-state index contributed by atoms with van der Waals surface area (Å²) in [4.78, 5) is 17.1. The van der Waals surface area contributed by atoms with E-state index in [4.69, 9.17) is 0 Å². The van der Waals surface area contributed by atoms with Crippen molar-refractivity contribution in [3.63, 3.8) is 0 Å². The molecule has 138 valence electrons. The molecule has 0 spiro atoms. The summed E-state index contributed by atoms with van der Waals surface area (Å²) < 4.78 is 1.97. The molecule has 0 saturated heterocycles. The van der Waals surface area contributed by atoms with Gasteiger partial charge in [-0.1, -0.05) is 42.1 Å². The molecule has 0 aliphatic carbocycles. The number of anilines is 1. The highest BCUT2D eigenvalue weighted by molar-refractivity contribution is 8.00. The number of amides is 1. The molecule has 0 bridgehead atoms. The van der Waals surface area contributed by atoms with Gasteiger partial charge in [0.1, 0.15) is 5.69 Å². The van der Waals surface area contributed by atoms with Gasteiger partial charge in [-0.3, -0.25) is 9.78 Å². The third-order valence-corrected chi connectivity index (χ3v) is 5.09. The third kappa shape index (κ3) is 4.62. The SMILES string of the molecule is C=CCC(Sc1nnc(-c2ccccn2)n1CC)C(=O)Nc1ccccc1. The Labute approximate surface area is 162 Å². The zero-order valence-electron chi connectivity index (χ0n) is 15.1. The van der Waals surface area contributed by atoms with E-state index in [1.54, 1.807) is 12.3 Å². The van der Waals surface area contributed by atoms with E-state index in [-0.39, 0.29) is 11.2 Å². The van der Waals surface area contributed by atoms with Crippen LogP contribution in [0.2, 0.25) is 0 Å². The molecule has 1 unspecified atom stereocenters. The van der Waals surface area contributed by atoms with Crippen molar-refractivity contribution in [2.45, 2.75) is 30.3 Å². The van der Waals surface area contributed by atoms with Crippen molar-refractivity contribution in [1.82, 2.24) is 19.7 Å². The first-order valence-corrected chi connectivity index (χ1v) is 9.59. The molecule has 0 fully saturated rings. The van der Waals surface area contributed by atoms with Gasteiger partial charge in [-0.25, -0.2) is 0 Å². The zero-order chi connectivity index (χ0) is 19.1. The molecular weight excluding hydrogens is 358 g/mol. The number of carbonyl (C=O) groups excluding carboxylic acids is 1. The summed E-state index contributed by atoms with van der Waals surface area (Å²) in [5.41, 5.74) is 1.52. The second kappa shape index (κ2) is 9.14. The number of hydrogen-bond acceptors (Lipinski definition) is 5. The number of allylic oxidation sites excluding steroid dienone is 1. The van der Waals surface area contributed by atoms with Crippen LogP contribution >= 0.6 is 11.8 Å². The second-order valence-electron chi connectivity index (χ2n) is 5.75. The Balaban J connectivity index is 1.81. The molecule has 7 heteroatoms. The lowest BCUT2D eigenvalue weighted by molar-refractivity contribution is -0.115. The number of hydrogen-bond donors (Lipinski definition) is 1. The lowest BCUT2D eigenvalue weighted by atomic mass is 10.2. The molecule has 3 aromatic rings. The summed E-state index contributed by atoms with van der Waals surface area (Å²) in [7, 11) is 0. The highest BCUT2D eigenvalue weighted by Crippen LogP contribution is 2.28. The summed E-state index contributed by atoms with van der Waals surface area (Å²) in [5, 5.41) is 11.9. The maximum absolute atomic E-state index is 12.7. The fourth-order valence-electron chi connectivity index (χ4n) is 2.58. The van der Waals surface area contributed by atoms with E-state index in [1.807, 2.05) is 60.0 Å². The summed E-state index contributed by atoms with van der Waals surface area (Å²) in [5.74, 6) is 0.609. The van der Waals surface area contributed by atoms with Gasteiger partial charge in [0, 0.05) is 18.4 Å². The standard InChI is InChI=1S/C20H21N5OS/c1-3-10-17(19(26)22-15-11-6-5-7-12-15)27-20-24-23-18(25(20)4-2)16-13-8-9-14-21-16/h3,5-9,11-14,17H,1,4,10H2,2H3,(H,22,26). The Morgan fingerprint density at radius 2 is 2.00 bits per heavy atom. The highest BCUT2D eigenvalue weighted by atomic mass is 32.2. The van der Waals surface area contributed by atoms with Crippen LogP contribution in [0.25, 0.3) is 11.5 Å². The lowest BCUT2D eigenvalue weighted by Gasteiger charge is -2.15. The van der Waals surface area contributed by atoms with Gasteiger partial charge in [0.15, 0.2) is 11.0 Å². The Morgan fingerprint density at radius 1 is 1.22 bits per heavy atom. The first-order valence-electron chi connectivity index (χ1n) is 8.71. The fraction of sp³-hybridized carbons (Fsp3) is 0.200. The molecule has 0 aliphatic heterocycles. The van der Waals surface area contributed by atoms with Crippen molar-refractivity contribution in [1.29, 1.82) is 0 Å². The van der Waals surface area contributed by atoms with Crippen molar-refractivity contribution in [2.24, 2.45) is 0 Å². The van der Waals surface area contributed by atoms with Crippen molar-refractivity contribution in [3.05, 3.63) is 67.4 Å². The quantitative estimate of drug-likeness (QED) is 0.472. The summed E-state index contributed by atoms with van der Waals surface area (Å²) in [6.07, 6.45) is 4.00. The molecular formula is C20H21N5OS. The first-order chi connectivity index (χ1) is 13.2. The maximum Gasteiger partial charge on any atom is 0.238 e. The van der Waals surface area contributed by atoms with Crippen LogP contribution in [-0.4, -0.2) is 30.9 Å². The molecule has 6 nitrogen and oxygen atoms in total. The van der Waals surface area contributed by atoms with Gasteiger partial charge in [0.25, 0.3) is 0 Å². The summed E-state index contributed by atoms with van der Waals surface area (Å²) in [6.45, 7) is 6.48. The Kier molecular flexibility index (Phi) is 6.38. The molecule has 1 aromatic carbocycles. The van der Waals surface area contributed by atoms with Crippen LogP contribution in [0, 0.1) is 0 Å². The average Bonchev–Trinajstić information content (AvgIpc) is 3.11. The van der Waals surface area contributed by atoms with Gasteiger partial charge in [-0.15, -0.1) is 16.8 Å². The topological polar surface area (TPSA) is 72.7 Å². The van der Waals surface area contributed by atoms with Gasteiger partial charge in [0.2, 0.25) is 5.91 Å². The second-order valence-corrected chi connectivity index (χ2v) is 6.92. The molecule has 3 rings (SSSR count). The smallest absolute Gasteiger partial charge is 0.238 e. The molecule has 2 aromatic heterocycles. The van der Waals surface area contributed by atoms with Gasteiger partial charge in [-0.2, -0.15) is 0 Å².